The summed E-state index contributed by atoms with van der Waals surface area (Å²) in [7, 11) is 1.51. The summed E-state index contributed by atoms with van der Waals surface area (Å²) in [5, 5.41) is 6.53. The minimum absolute atomic E-state index is 0.0786. The highest BCUT2D eigenvalue weighted by molar-refractivity contribution is 7.80. The topological polar surface area (TPSA) is 111 Å². The van der Waals surface area contributed by atoms with E-state index in [4.69, 9.17) is 24.4 Å². The lowest BCUT2D eigenvalue weighted by molar-refractivity contribution is 0.0964. The van der Waals surface area contributed by atoms with Gasteiger partial charge in [0.1, 0.15) is 22.6 Å². The van der Waals surface area contributed by atoms with Crippen molar-refractivity contribution in [3.63, 3.8) is 0 Å². The SMILES string of the molecule is CNC(=O)c1ccnc2c([C@H](C)CNc3cc(-c4c(S)[nH]c(=S)[nH]c4=S)ncn3)ccc(F)c12. The Labute approximate surface area is 209 Å². The molecule has 4 aromatic rings. The van der Waals surface area contributed by atoms with E-state index in [2.05, 4.69) is 48.2 Å². The van der Waals surface area contributed by atoms with Gasteiger partial charge in [0.05, 0.1) is 27.4 Å². The lowest BCUT2D eigenvalue weighted by atomic mass is 9.95. The first-order valence-corrected chi connectivity index (χ1v) is 11.5. The summed E-state index contributed by atoms with van der Waals surface area (Å²) in [5.41, 5.74) is 2.69. The molecule has 3 aromatic heterocycles. The van der Waals surface area contributed by atoms with E-state index in [-0.39, 0.29) is 22.8 Å². The Hall–Kier alpha value is -3.22. The number of nitrogens with zero attached hydrogens (tertiary/aromatic N) is 3. The highest BCUT2D eigenvalue weighted by Crippen LogP contribution is 2.29. The fourth-order valence-electron chi connectivity index (χ4n) is 3.64. The maximum atomic E-state index is 14.7. The van der Waals surface area contributed by atoms with Gasteiger partial charge < -0.3 is 20.6 Å². The van der Waals surface area contributed by atoms with Crippen LogP contribution in [-0.4, -0.2) is 44.4 Å². The van der Waals surface area contributed by atoms with Crippen LogP contribution >= 0.6 is 37.1 Å². The first kappa shape index (κ1) is 23.9. The van der Waals surface area contributed by atoms with Crippen LogP contribution in [0.5, 0.6) is 0 Å². The Morgan fingerprint density at radius 2 is 2.00 bits per heavy atom. The number of amides is 1. The van der Waals surface area contributed by atoms with Gasteiger partial charge in [-0.15, -0.1) is 12.6 Å². The molecule has 0 aliphatic carbocycles. The number of benzene rings is 1. The zero-order chi connectivity index (χ0) is 24.4. The average molecular weight is 514 g/mol. The standard InChI is InChI=1S/C22H20FN7OS3/c1-10(11-3-4-13(23)16-12(19(31)24-2)5-6-25-18(11)16)8-26-15-7-14(27-9-28-15)17-20(32)29-22(34)30-21(17)33/h3-7,9-10H,8H2,1-2H3,(H,24,31)(H,26,27,28)(H3,29,30,32,33,34)/t10-/m1/s1. The fourth-order valence-corrected chi connectivity index (χ4v) is 4.71. The van der Waals surface area contributed by atoms with E-state index in [0.29, 0.717) is 43.6 Å². The molecule has 0 aliphatic rings. The second-order valence-corrected chi connectivity index (χ2v) is 8.76. The number of carbonyl (C=O) groups excluding carboxylic acids is 1. The molecule has 3 heterocycles. The monoisotopic (exact) mass is 513 g/mol. The highest BCUT2D eigenvalue weighted by Gasteiger charge is 2.19. The molecular weight excluding hydrogens is 493 g/mol. The molecule has 12 heteroatoms. The molecule has 0 saturated heterocycles. The molecule has 0 fully saturated rings. The first-order valence-electron chi connectivity index (χ1n) is 10.2. The lowest BCUT2D eigenvalue weighted by Crippen LogP contribution is -2.19. The predicted molar refractivity (Wildman–Crippen MR) is 137 cm³/mol. The number of aromatic amines is 2. The van der Waals surface area contributed by atoms with Crippen molar-refractivity contribution in [3.8, 4) is 11.3 Å². The number of rotatable bonds is 6. The molecule has 0 saturated carbocycles. The third kappa shape index (κ3) is 4.69. The Kier molecular flexibility index (Phi) is 7.00. The number of carbonyl (C=O) groups is 1. The van der Waals surface area contributed by atoms with Gasteiger partial charge in [-0.05, 0) is 29.9 Å². The van der Waals surface area contributed by atoms with Crippen molar-refractivity contribution in [2.75, 3.05) is 18.9 Å². The van der Waals surface area contributed by atoms with Crippen LogP contribution in [0.1, 0.15) is 28.8 Å². The van der Waals surface area contributed by atoms with Gasteiger partial charge >= 0.3 is 0 Å². The summed E-state index contributed by atoms with van der Waals surface area (Å²) < 4.78 is 15.4. The van der Waals surface area contributed by atoms with Gasteiger partial charge in [0, 0.05) is 37.2 Å². The van der Waals surface area contributed by atoms with Gasteiger partial charge in [-0.1, -0.05) is 25.2 Å². The van der Waals surface area contributed by atoms with Crippen LogP contribution in [0, 0.1) is 15.2 Å². The number of nitrogens with one attached hydrogen (secondary N) is 4. The van der Waals surface area contributed by atoms with Crippen LogP contribution in [-0.2, 0) is 0 Å². The molecule has 1 aromatic carbocycles. The molecular formula is C22H20FN7OS3. The number of fused-ring (bicyclic) bond motifs is 1. The molecule has 174 valence electrons. The molecule has 8 nitrogen and oxygen atoms in total. The highest BCUT2D eigenvalue weighted by atomic mass is 32.1. The number of H-pyrrole nitrogens is 2. The van der Waals surface area contributed by atoms with E-state index in [1.165, 1.54) is 31.7 Å². The number of aromatic nitrogens is 5. The van der Waals surface area contributed by atoms with Crippen molar-refractivity contribution in [3.05, 3.63) is 63.1 Å². The van der Waals surface area contributed by atoms with Gasteiger partial charge in [-0.2, -0.15) is 0 Å². The molecule has 0 aliphatic heterocycles. The normalized spacial score (nSPS) is 11.9. The Balaban J connectivity index is 1.62. The quantitative estimate of drug-likeness (QED) is 0.143. The third-order valence-electron chi connectivity index (χ3n) is 5.31. The molecule has 4 N–H and O–H groups in total. The number of halogens is 1. The van der Waals surface area contributed by atoms with Crippen LogP contribution in [0.3, 0.4) is 0 Å². The largest absolute Gasteiger partial charge is 0.369 e. The average Bonchev–Trinajstić information content (AvgIpc) is 2.81. The summed E-state index contributed by atoms with van der Waals surface area (Å²) >= 11 is 14.9. The van der Waals surface area contributed by atoms with Gasteiger partial charge in [-0.25, -0.2) is 14.4 Å². The van der Waals surface area contributed by atoms with Crippen LogP contribution in [0.4, 0.5) is 10.2 Å². The van der Waals surface area contributed by atoms with Crippen LogP contribution in [0.2, 0.25) is 0 Å². The molecule has 34 heavy (non-hydrogen) atoms. The maximum absolute atomic E-state index is 14.7. The van der Waals surface area contributed by atoms with Gasteiger partial charge in [0.15, 0.2) is 4.77 Å². The summed E-state index contributed by atoms with van der Waals surface area (Å²) in [4.78, 5) is 31.0. The summed E-state index contributed by atoms with van der Waals surface area (Å²) in [5.74, 6) is -0.366. The minimum Gasteiger partial charge on any atom is -0.369 e. The minimum atomic E-state index is -0.493. The van der Waals surface area contributed by atoms with E-state index in [1.807, 2.05) is 6.92 Å². The van der Waals surface area contributed by atoms with Gasteiger partial charge in [0.2, 0.25) is 0 Å². The first-order chi connectivity index (χ1) is 16.3. The maximum Gasteiger partial charge on any atom is 0.251 e. The summed E-state index contributed by atoms with van der Waals surface area (Å²) in [6.45, 7) is 2.45. The molecule has 4 rings (SSSR count). The number of thiol groups is 1. The fraction of sp³-hybridized carbons (Fsp3) is 0.182. The van der Waals surface area contributed by atoms with Crippen molar-refractivity contribution in [1.29, 1.82) is 0 Å². The zero-order valence-corrected chi connectivity index (χ0v) is 20.7. The molecule has 1 atom stereocenters. The second-order valence-electron chi connectivity index (χ2n) is 7.50. The molecule has 0 spiro atoms. The van der Waals surface area contributed by atoms with Crippen LogP contribution < -0.4 is 10.6 Å². The smallest absolute Gasteiger partial charge is 0.251 e. The second kappa shape index (κ2) is 9.95. The van der Waals surface area contributed by atoms with Crippen molar-refractivity contribution >= 4 is 59.7 Å². The van der Waals surface area contributed by atoms with E-state index in [9.17, 15) is 9.18 Å². The third-order valence-corrected chi connectivity index (χ3v) is 6.16. The van der Waals surface area contributed by atoms with Crippen molar-refractivity contribution in [1.82, 2.24) is 30.2 Å². The van der Waals surface area contributed by atoms with E-state index in [1.54, 1.807) is 12.1 Å². The Morgan fingerprint density at radius 3 is 2.74 bits per heavy atom. The van der Waals surface area contributed by atoms with E-state index in [0.717, 1.165) is 5.56 Å². The molecule has 0 bridgehead atoms. The van der Waals surface area contributed by atoms with Crippen molar-refractivity contribution in [2.45, 2.75) is 17.9 Å². The van der Waals surface area contributed by atoms with Crippen LogP contribution in [0.15, 0.2) is 41.8 Å². The molecule has 0 unspecified atom stereocenters. The van der Waals surface area contributed by atoms with E-state index >= 15 is 0 Å². The van der Waals surface area contributed by atoms with Crippen LogP contribution in [0.25, 0.3) is 22.2 Å². The summed E-state index contributed by atoms with van der Waals surface area (Å²) in [6.07, 6.45) is 2.94. The van der Waals surface area contributed by atoms with Crippen molar-refractivity contribution < 1.29 is 9.18 Å². The van der Waals surface area contributed by atoms with Crippen molar-refractivity contribution in [2.24, 2.45) is 0 Å². The molecule has 1 amide bonds. The number of hydrogen-bond acceptors (Lipinski definition) is 8. The lowest BCUT2D eigenvalue weighted by Gasteiger charge is -2.17. The Bertz CT molecular complexity index is 1520. The van der Waals surface area contributed by atoms with E-state index < -0.39 is 5.82 Å². The number of pyridine rings is 1. The van der Waals surface area contributed by atoms with Gasteiger partial charge in [-0.3, -0.25) is 9.78 Å². The zero-order valence-electron chi connectivity index (χ0n) is 18.1. The molecule has 0 radical (unpaired) electrons. The summed E-state index contributed by atoms with van der Waals surface area (Å²) in [6, 6.07) is 6.32. The van der Waals surface area contributed by atoms with Gasteiger partial charge in [0.25, 0.3) is 5.91 Å². The number of hydrogen-bond donors (Lipinski definition) is 5. The number of anilines is 1. The Morgan fingerprint density at radius 1 is 1.21 bits per heavy atom. The predicted octanol–water partition coefficient (Wildman–Crippen LogP) is 4.81.